The molecular formula is C6H15N3O6S. The van der Waals surface area contributed by atoms with Crippen LogP contribution in [0, 0.1) is 5.41 Å². The van der Waals surface area contributed by atoms with Gasteiger partial charge in [-0.1, -0.05) is 0 Å². The molecule has 0 saturated heterocycles. The van der Waals surface area contributed by atoms with E-state index in [-0.39, 0.29) is 18.5 Å². The first-order valence-electron chi connectivity index (χ1n) is 3.98. The number of esters is 1. The van der Waals surface area contributed by atoms with E-state index in [0.717, 1.165) is 0 Å². The second-order valence-electron chi connectivity index (χ2n) is 2.49. The van der Waals surface area contributed by atoms with Gasteiger partial charge in [0, 0.05) is 7.05 Å². The summed E-state index contributed by atoms with van der Waals surface area (Å²) in [6.07, 6.45) is 0. The molecule has 0 aliphatic heterocycles. The molecular weight excluding hydrogens is 242 g/mol. The molecule has 10 heteroatoms. The highest BCUT2D eigenvalue weighted by Crippen LogP contribution is 1.83. The van der Waals surface area contributed by atoms with Crippen molar-refractivity contribution in [1.29, 1.82) is 5.41 Å². The van der Waals surface area contributed by atoms with Crippen molar-refractivity contribution in [3.05, 3.63) is 0 Å². The third-order valence-corrected chi connectivity index (χ3v) is 1.08. The summed E-state index contributed by atoms with van der Waals surface area (Å²) in [5.41, 5.74) is 5.08. The van der Waals surface area contributed by atoms with Crippen LogP contribution in [0.3, 0.4) is 0 Å². The lowest BCUT2D eigenvalue weighted by Gasteiger charge is -2.14. The van der Waals surface area contributed by atoms with Crippen LogP contribution in [0.25, 0.3) is 0 Å². The lowest BCUT2D eigenvalue weighted by atomic mass is 10.6. The van der Waals surface area contributed by atoms with Crippen molar-refractivity contribution in [3.63, 3.8) is 0 Å². The number of carbonyl (C=O) groups is 1. The lowest BCUT2D eigenvalue weighted by molar-refractivity contribution is -0.143. The molecule has 0 rings (SSSR count). The summed E-state index contributed by atoms with van der Waals surface area (Å²) < 4.78 is 36.2. The fraction of sp³-hybridized carbons (Fsp3) is 0.667. The highest BCUT2D eigenvalue weighted by molar-refractivity contribution is 7.79. The van der Waals surface area contributed by atoms with Crippen molar-refractivity contribution < 1.29 is 27.1 Å². The van der Waals surface area contributed by atoms with Crippen molar-refractivity contribution in [1.82, 2.24) is 4.90 Å². The number of ether oxygens (including phenoxy) is 1. The number of rotatable bonds is 3. The molecule has 0 spiro atoms. The van der Waals surface area contributed by atoms with Gasteiger partial charge in [-0.2, -0.15) is 8.42 Å². The number of nitrogens with one attached hydrogen (secondary N) is 1. The summed E-state index contributed by atoms with van der Waals surface area (Å²) in [6.45, 7) is 2.11. The van der Waals surface area contributed by atoms with Gasteiger partial charge in [0.15, 0.2) is 5.96 Å². The summed E-state index contributed by atoms with van der Waals surface area (Å²) in [7, 11) is -3.11. The Morgan fingerprint density at radius 1 is 1.50 bits per heavy atom. The molecule has 0 radical (unpaired) electrons. The van der Waals surface area contributed by atoms with E-state index >= 15 is 0 Å². The molecule has 0 bridgehead atoms. The molecule has 0 aromatic rings. The van der Waals surface area contributed by atoms with Crippen molar-refractivity contribution in [2.45, 2.75) is 6.92 Å². The summed E-state index contributed by atoms with van der Waals surface area (Å²) in [4.78, 5) is 12.0. The number of hydrogen-bond acceptors (Lipinski definition) is 5. The molecule has 9 nitrogen and oxygen atoms in total. The number of carbonyl (C=O) groups excluding carboxylic acids is 1. The minimum absolute atomic E-state index is 0.0309. The number of nitrogens with zero attached hydrogens (tertiary/aromatic N) is 1. The largest absolute Gasteiger partial charge is 0.465 e. The minimum atomic E-state index is -4.67. The Hall–Kier alpha value is -1.39. The van der Waals surface area contributed by atoms with Crippen molar-refractivity contribution in [3.8, 4) is 0 Å². The third-order valence-electron chi connectivity index (χ3n) is 1.08. The van der Waals surface area contributed by atoms with Gasteiger partial charge in [0.2, 0.25) is 0 Å². The van der Waals surface area contributed by atoms with Crippen LogP contribution in [0.4, 0.5) is 0 Å². The van der Waals surface area contributed by atoms with Gasteiger partial charge in [-0.15, -0.1) is 0 Å². The number of guanidine groups is 1. The van der Waals surface area contributed by atoms with E-state index in [1.165, 1.54) is 4.90 Å². The molecule has 5 N–H and O–H groups in total. The zero-order chi connectivity index (χ0) is 13.4. The molecule has 0 aromatic heterocycles. The van der Waals surface area contributed by atoms with Gasteiger partial charge < -0.3 is 15.4 Å². The summed E-state index contributed by atoms with van der Waals surface area (Å²) in [6, 6.07) is 0. The molecule has 0 saturated carbocycles. The van der Waals surface area contributed by atoms with E-state index in [1.807, 2.05) is 0 Å². The Labute approximate surface area is 93.3 Å². The van der Waals surface area contributed by atoms with Crippen LogP contribution in [0.2, 0.25) is 0 Å². The SMILES string of the molecule is CCOC(=O)CN(C)C(=N)N.O=S(=O)(O)O. The average Bonchev–Trinajstić information content (AvgIpc) is 2.00. The van der Waals surface area contributed by atoms with Crippen LogP contribution in [0.1, 0.15) is 6.92 Å². The minimum Gasteiger partial charge on any atom is -0.465 e. The first-order valence-corrected chi connectivity index (χ1v) is 5.38. The highest BCUT2D eigenvalue weighted by atomic mass is 32.3. The molecule has 96 valence electrons. The van der Waals surface area contributed by atoms with Gasteiger partial charge >= 0.3 is 16.4 Å². The van der Waals surface area contributed by atoms with E-state index in [2.05, 4.69) is 4.74 Å². The van der Waals surface area contributed by atoms with Crippen LogP contribution in [0.5, 0.6) is 0 Å². The first kappa shape index (κ1) is 17.0. The Morgan fingerprint density at radius 2 is 1.88 bits per heavy atom. The number of hydrogen-bond donors (Lipinski definition) is 4. The average molecular weight is 257 g/mol. The Balaban J connectivity index is 0. The zero-order valence-electron chi connectivity index (χ0n) is 8.87. The van der Waals surface area contributed by atoms with Crippen LogP contribution < -0.4 is 5.73 Å². The molecule has 0 amide bonds. The van der Waals surface area contributed by atoms with E-state index in [9.17, 15) is 4.79 Å². The maximum absolute atomic E-state index is 10.7. The number of nitrogens with two attached hydrogens (primary N) is 1. The molecule has 0 fully saturated rings. The fourth-order valence-corrected chi connectivity index (χ4v) is 0.485. The predicted molar refractivity (Wildman–Crippen MR) is 55.4 cm³/mol. The predicted octanol–water partition coefficient (Wildman–Crippen LogP) is -1.28. The standard InChI is InChI=1S/C6H13N3O2.H2O4S/c1-3-11-5(10)4-9(2)6(7)8;1-5(2,3)4/h3-4H2,1-2H3,(H3,7,8);(H2,1,2,3,4). The van der Waals surface area contributed by atoms with Crippen LogP contribution in [0.15, 0.2) is 0 Å². The van der Waals surface area contributed by atoms with E-state index in [1.54, 1.807) is 14.0 Å². The second-order valence-corrected chi connectivity index (χ2v) is 3.39. The van der Waals surface area contributed by atoms with Crippen molar-refractivity contribution in [2.24, 2.45) is 5.73 Å². The summed E-state index contributed by atoms with van der Waals surface area (Å²) in [5, 5.41) is 6.92. The van der Waals surface area contributed by atoms with Crippen molar-refractivity contribution >= 4 is 22.3 Å². The topological polar surface area (TPSA) is 154 Å². The second kappa shape index (κ2) is 7.84. The summed E-state index contributed by atoms with van der Waals surface area (Å²) >= 11 is 0. The smallest absolute Gasteiger partial charge is 0.394 e. The van der Waals surface area contributed by atoms with Gasteiger partial charge in [0.05, 0.1) is 6.61 Å². The highest BCUT2D eigenvalue weighted by Gasteiger charge is 2.06. The van der Waals surface area contributed by atoms with Crippen LogP contribution >= 0.6 is 0 Å². The molecule has 0 aliphatic carbocycles. The van der Waals surface area contributed by atoms with Gasteiger partial charge in [-0.25, -0.2) is 0 Å². The first-order chi connectivity index (χ1) is 7.07. The Bertz CT molecular complexity index is 319. The molecule has 0 aromatic carbocycles. The molecule has 0 aliphatic rings. The fourth-order valence-electron chi connectivity index (χ4n) is 0.485. The monoisotopic (exact) mass is 257 g/mol. The zero-order valence-corrected chi connectivity index (χ0v) is 9.69. The molecule has 0 atom stereocenters. The van der Waals surface area contributed by atoms with E-state index in [0.29, 0.717) is 6.61 Å². The van der Waals surface area contributed by atoms with Crippen molar-refractivity contribution in [2.75, 3.05) is 20.2 Å². The van der Waals surface area contributed by atoms with Crippen LogP contribution in [-0.4, -0.2) is 54.6 Å². The van der Waals surface area contributed by atoms with Crippen LogP contribution in [-0.2, 0) is 19.9 Å². The van der Waals surface area contributed by atoms with Gasteiger partial charge in [0.25, 0.3) is 0 Å². The van der Waals surface area contributed by atoms with Gasteiger partial charge in [-0.05, 0) is 6.92 Å². The van der Waals surface area contributed by atoms with Gasteiger partial charge in [0.1, 0.15) is 6.54 Å². The van der Waals surface area contributed by atoms with E-state index in [4.69, 9.17) is 28.7 Å². The Morgan fingerprint density at radius 3 is 2.12 bits per heavy atom. The molecule has 16 heavy (non-hydrogen) atoms. The molecule has 0 heterocycles. The summed E-state index contributed by atoms with van der Waals surface area (Å²) in [5.74, 6) is -0.511. The third kappa shape index (κ3) is 18.4. The lowest BCUT2D eigenvalue weighted by Crippen LogP contribution is -2.37. The maximum atomic E-state index is 10.7. The maximum Gasteiger partial charge on any atom is 0.394 e. The van der Waals surface area contributed by atoms with Gasteiger partial charge in [-0.3, -0.25) is 19.3 Å². The Kier molecular flexibility index (Phi) is 8.34. The normalized spacial score (nSPS) is 9.75. The van der Waals surface area contributed by atoms with E-state index < -0.39 is 10.4 Å². The quantitative estimate of drug-likeness (QED) is 0.211. The molecule has 0 unspecified atom stereocenters. The number of likely N-dealkylation sites (N-methyl/N-ethyl adjacent to an activating group) is 1.